The largest absolute Gasteiger partial charge is 0.417 e. The number of aromatic amines is 1. The number of imidazole rings is 1. The van der Waals surface area contributed by atoms with Crippen LogP contribution in [-0.4, -0.2) is 29.5 Å². The Morgan fingerprint density at radius 3 is 2.60 bits per heavy atom. The van der Waals surface area contributed by atoms with Gasteiger partial charge in [-0.3, -0.25) is 9.36 Å². The number of aromatic nitrogens is 6. The topological polar surface area (TPSA) is 101 Å². The number of anilines is 1. The summed E-state index contributed by atoms with van der Waals surface area (Å²) < 4.78 is 42.7. The molecule has 0 fully saturated rings. The molecule has 0 aliphatic rings. The molecule has 0 aliphatic heterocycles. The fourth-order valence-electron chi connectivity index (χ4n) is 4.14. The van der Waals surface area contributed by atoms with Crippen molar-refractivity contribution >= 4 is 27.9 Å². The highest BCUT2D eigenvalue weighted by Crippen LogP contribution is 2.34. The Hall–Kier alpha value is -4.28. The molecule has 2 aromatic carbocycles. The maximum absolute atomic E-state index is 13.8. The van der Waals surface area contributed by atoms with Crippen molar-refractivity contribution in [1.29, 1.82) is 0 Å². The Balaban J connectivity index is 1.78. The second-order valence-corrected chi connectivity index (χ2v) is 7.95. The van der Waals surface area contributed by atoms with Gasteiger partial charge in [0.1, 0.15) is 17.7 Å². The minimum atomic E-state index is -4.70. The van der Waals surface area contributed by atoms with Gasteiger partial charge in [0.15, 0.2) is 11.5 Å². The minimum absolute atomic E-state index is 0.0238. The van der Waals surface area contributed by atoms with E-state index in [1.807, 2.05) is 6.92 Å². The molecule has 2 N–H and O–H groups in total. The quantitative estimate of drug-likeness (QED) is 0.355. The van der Waals surface area contributed by atoms with Crippen molar-refractivity contribution in [3.63, 3.8) is 0 Å². The second kappa shape index (κ2) is 8.82. The fraction of sp³-hybridized carbons (Fsp3) is 0.208. The molecule has 35 heavy (non-hydrogen) atoms. The summed E-state index contributed by atoms with van der Waals surface area (Å²) in [6.45, 7) is 1.97. The monoisotopic (exact) mass is 479 g/mol. The number of hydrogen-bond acceptors (Lipinski definition) is 6. The zero-order valence-corrected chi connectivity index (χ0v) is 18.5. The number of nitrogens with one attached hydrogen (secondary N) is 2. The van der Waals surface area contributed by atoms with E-state index in [1.165, 1.54) is 29.4 Å². The van der Waals surface area contributed by atoms with Crippen LogP contribution >= 0.6 is 0 Å². The highest BCUT2D eigenvalue weighted by molar-refractivity contribution is 5.83. The Labute approximate surface area is 196 Å². The molecule has 8 nitrogen and oxygen atoms in total. The van der Waals surface area contributed by atoms with E-state index in [4.69, 9.17) is 0 Å². The molecule has 0 bridgehead atoms. The average Bonchev–Trinajstić information content (AvgIpc) is 3.33. The molecule has 0 aliphatic carbocycles. The van der Waals surface area contributed by atoms with Crippen LogP contribution in [0.25, 0.3) is 27.8 Å². The summed E-state index contributed by atoms with van der Waals surface area (Å²) >= 11 is 0. The maximum atomic E-state index is 13.8. The third-order valence-electron chi connectivity index (χ3n) is 5.67. The molecular formula is C24H20F3N7O. The van der Waals surface area contributed by atoms with Gasteiger partial charge in [-0.1, -0.05) is 37.6 Å². The van der Waals surface area contributed by atoms with E-state index in [9.17, 15) is 18.0 Å². The van der Waals surface area contributed by atoms with Gasteiger partial charge < -0.3 is 10.3 Å². The van der Waals surface area contributed by atoms with E-state index in [0.717, 1.165) is 6.07 Å². The van der Waals surface area contributed by atoms with Gasteiger partial charge in [-0.15, -0.1) is 0 Å². The summed E-state index contributed by atoms with van der Waals surface area (Å²) in [5.74, 6) is 0.727. The summed E-state index contributed by atoms with van der Waals surface area (Å²) in [6, 6.07) is 11.6. The third-order valence-corrected chi connectivity index (χ3v) is 5.67. The summed E-state index contributed by atoms with van der Waals surface area (Å²) in [7, 11) is 0. The normalized spacial score (nSPS) is 12.8. The predicted molar refractivity (Wildman–Crippen MR) is 125 cm³/mol. The summed E-state index contributed by atoms with van der Waals surface area (Å²) in [5, 5.41) is 2.83. The molecule has 178 valence electrons. The molecule has 0 unspecified atom stereocenters. The molecule has 3 aromatic heterocycles. The Morgan fingerprint density at radius 1 is 1.06 bits per heavy atom. The molecule has 0 saturated carbocycles. The number of halogens is 3. The number of benzene rings is 2. The highest BCUT2D eigenvalue weighted by Gasteiger charge is 2.35. The van der Waals surface area contributed by atoms with Crippen LogP contribution in [0.1, 0.15) is 37.2 Å². The molecular weight excluding hydrogens is 459 g/mol. The fourth-order valence-corrected chi connectivity index (χ4v) is 4.14. The lowest BCUT2D eigenvalue weighted by Crippen LogP contribution is -2.29. The first kappa shape index (κ1) is 22.5. The lowest BCUT2D eigenvalue weighted by atomic mass is 10.1. The number of para-hydroxylation sites is 1. The number of nitrogens with zero attached hydrogens (tertiary/aromatic N) is 5. The molecule has 5 aromatic rings. The van der Waals surface area contributed by atoms with Crippen LogP contribution in [0.5, 0.6) is 0 Å². The Morgan fingerprint density at radius 2 is 1.86 bits per heavy atom. The van der Waals surface area contributed by atoms with Crippen molar-refractivity contribution in [3.05, 3.63) is 82.9 Å². The molecule has 5 rings (SSSR count). The smallest absolute Gasteiger partial charge is 0.358 e. The molecule has 0 saturated heterocycles. The molecule has 11 heteroatoms. The summed E-state index contributed by atoms with van der Waals surface area (Å²) in [6.07, 6.45) is -0.609. The van der Waals surface area contributed by atoms with Gasteiger partial charge in [-0.2, -0.15) is 13.2 Å². The number of rotatable bonds is 6. The van der Waals surface area contributed by atoms with Crippen LogP contribution < -0.4 is 10.9 Å². The van der Waals surface area contributed by atoms with Crippen molar-refractivity contribution < 1.29 is 13.2 Å². The Kier molecular flexibility index (Phi) is 5.67. The maximum Gasteiger partial charge on any atom is 0.417 e. The molecule has 3 heterocycles. The summed E-state index contributed by atoms with van der Waals surface area (Å²) in [5.41, 5.74) is -0.387. The van der Waals surface area contributed by atoms with Crippen LogP contribution in [0.2, 0.25) is 0 Å². The van der Waals surface area contributed by atoms with Gasteiger partial charge in [-0.25, -0.2) is 19.9 Å². The van der Waals surface area contributed by atoms with E-state index in [-0.39, 0.29) is 11.3 Å². The van der Waals surface area contributed by atoms with E-state index in [0.29, 0.717) is 35.5 Å². The van der Waals surface area contributed by atoms with Crippen molar-refractivity contribution in [2.45, 2.75) is 32.0 Å². The van der Waals surface area contributed by atoms with Crippen LogP contribution in [0.3, 0.4) is 0 Å². The average molecular weight is 479 g/mol. The van der Waals surface area contributed by atoms with E-state index in [1.54, 1.807) is 30.3 Å². The Bertz CT molecular complexity index is 1560. The SMILES string of the molecule is CCC[C@H](Nc1ncnc2nc[nH]c12)c1nc2cccc(C(F)(F)F)c2c(=O)n1-c1ccccc1. The van der Waals surface area contributed by atoms with Gasteiger partial charge in [0.25, 0.3) is 5.56 Å². The van der Waals surface area contributed by atoms with Crippen LogP contribution in [0.4, 0.5) is 19.0 Å². The first-order valence-corrected chi connectivity index (χ1v) is 11.0. The lowest BCUT2D eigenvalue weighted by Gasteiger charge is -2.23. The van der Waals surface area contributed by atoms with Crippen molar-refractivity contribution in [1.82, 2.24) is 29.5 Å². The second-order valence-electron chi connectivity index (χ2n) is 7.95. The summed E-state index contributed by atoms with van der Waals surface area (Å²) in [4.78, 5) is 33.8. The van der Waals surface area contributed by atoms with Crippen LogP contribution in [0.15, 0.2) is 66.0 Å². The molecule has 1 atom stereocenters. The third kappa shape index (κ3) is 4.09. The predicted octanol–water partition coefficient (Wildman–Crippen LogP) is 5.02. The van der Waals surface area contributed by atoms with Gasteiger partial charge in [-0.05, 0) is 30.7 Å². The number of hydrogen-bond donors (Lipinski definition) is 2. The van der Waals surface area contributed by atoms with Gasteiger partial charge in [0.2, 0.25) is 0 Å². The molecule has 0 amide bonds. The number of H-pyrrole nitrogens is 1. The van der Waals surface area contributed by atoms with Gasteiger partial charge >= 0.3 is 6.18 Å². The number of alkyl halides is 3. The lowest BCUT2D eigenvalue weighted by molar-refractivity contribution is -0.136. The van der Waals surface area contributed by atoms with E-state index in [2.05, 4.69) is 30.2 Å². The van der Waals surface area contributed by atoms with Crippen molar-refractivity contribution in [2.75, 3.05) is 5.32 Å². The highest BCUT2D eigenvalue weighted by atomic mass is 19.4. The van der Waals surface area contributed by atoms with Gasteiger partial charge in [0.05, 0.1) is 34.5 Å². The van der Waals surface area contributed by atoms with Crippen molar-refractivity contribution in [2.24, 2.45) is 0 Å². The zero-order valence-electron chi connectivity index (χ0n) is 18.5. The van der Waals surface area contributed by atoms with E-state index < -0.39 is 28.7 Å². The van der Waals surface area contributed by atoms with Crippen molar-refractivity contribution in [3.8, 4) is 5.69 Å². The van der Waals surface area contributed by atoms with Crippen LogP contribution in [0, 0.1) is 0 Å². The minimum Gasteiger partial charge on any atom is -0.358 e. The zero-order chi connectivity index (χ0) is 24.6. The first-order chi connectivity index (χ1) is 16.9. The molecule has 0 spiro atoms. The first-order valence-electron chi connectivity index (χ1n) is 11.0. The van der Waals surface area contributed by atoms with E-state index >= 15 is 0 Å². The standard InChI is InChI=1S/C24H20F3N7O/c1-2-7-17(32-21-19-20(29-12-28-19)30-13-31-21)22-33-16-11-6-10-15(24(25,26)27)18(16)23(35)34(22)14-8-4-3-5-9-14/h3-6,8-13,17H,2,7H2,1H3,(H2,28,29,30,31,32)/t17-/m0/s1. The molecule has 0 radical (unpaired) electrons. The van der Waals surface area contributed by atoms with Gasteiger partial charge in [0, 0.05) is 0 Å². The van der Waals surface area contributed by atoms with Crippen LogP contribution in [-0.2, 0) is 6.18 Å². The number of fused-ring (bicyclic) bond motifs is 2.